The summed E-state index contributed by atoms with van der Waals surface area (Å²) in [7, 11) is 0. The van der Waals surface area contributed by atoms with Gasteiger partial charge in [0.1, 0.15) is 0 Å². The van der Waals surface area contributed by atoms with Gasteiger partial charge in [0.15, 0.2) is 0 Å². The Hall–Kier alpha value is -3.15. The van der Waals surface area contributed by atoms with E-state index in [0.717, 1.165) is 22.3 Å². The lowest BCUT2D eigenvalue weighted by atomic mass is 9.64. The third-order valence-corrected chi connectivity index (χ3v) is 7.39. The number of carbonyl (C=O) groups is 2. The highest BCUT2D eigenvalue weighted by molar-refractivity contribution is 6.30. The summed E-state index contributed by atoms with van der Waals surface area (Å²) in [5, 5.41) is 22.7. The number of aliphatic carboxylic acids is 1. The zero-order valence-electron chi connectivity index (χ0n) is 19.6. The van der Waals surface area contributed by atoms with E-state index in [9.17, 15) is 19.8 Å². The Morgan fingerprint density at radius 1 is 0.971 bits per heavy atom. The molecule has 0 saturated heterocycles. The van der Waals surface area contributed by atoms with Gasteiger partial charge in [-0.05, 0) is 60.1 Å². The van der Waals surface area contributed by atoms with Crippen LogP contribution in [0.25, 0.3) is 11.1 Å². The molecule has 1 aliphatic rings. The van der Waals surface area contributed by atoms with Gasteiger partial charge in [0.2, 0.25) is 5.91 Å². The Labute approximate surface area is 210 Å². The molecule has 0 spiro atoms. The monoisotopic (exact) mass is 491 g/mol. The van der Waals surface area contributed by atoms with E-state index in [1.54, 1.807) is 0 Å². The topological polar surface area (TPSA) is 86.6 Å². The third-order valence-electron chi connectivity index (χ3n) is 7.14. The molecule has 1 aliphatic carbocycles. The Morgan fingerprint density at radius 2 is 1.60 bits per heavy atom. The van der Waals surface area contributed by atoms with Gasteiger partial charge in [-0.3, -0.25) is 9.59 Å². The number of benzene rings is 3. The predicted molar refractivity (Wildman–Crippen MR) is 137 cm³/mol. The molecule has 0 aromatic heterocycles. The van der Waals surface area contributed by atoms with Gasteiger partial charge in [-0.2, -0.15) is 0 Å². The van der Waals surface area contributed by atoms with Gasteiger partial charge in [0, 0.05) is 23.6 Å². The minimum Gasteiger partial charge on any atom is -0.481 e. The first-order valence-electron chi connectivity index (χ1n) is 11.9. The molecule has 3 aromatic carbocycles. The van der Waals surface area contributed by atoms with Crippen molar-refractivity contribution < 1.29 is 19.8 Å². The molecule has 3 unspecified atom stereocenters. The van der Waals surface area contributed by atoms with E-state index in [1.165, 1.54) is 0 Å². The molecule has 1 amide bonds. The Bertz CT molecular complexity index is 1150. The summed E-state index contributed by atoms with van der Waals surface area (Å²) >= 11 is 6.07. The van der Waals surface area contributed by atoms with E-state index >= 15 is 0 Å². The van der Waals surface area contributed by atoms with Crippen LogP contribution in [0.2, 0.25) is 5.02 Å². The van der Waals surface area contributed by atoms with E-state index in [1.807, 2.05) is 49.4 Å². The standard InChI is InChI=1S/C29H30ClNO4/c1-18(31-28(33)26-16-23(17-32)27(26)29(34)35)25(15-19-7-13-24(30)14-8-19)22-11-9-21(10-12-22)20-5-3-2-4-6-20/h2-14,18,23,25-27,32H,15-17H2,1H3,(H,31,33)(H,34,35)/t18-,23?,25-,26?,27?/m0/s1. The lowest BCUT2D eigenvalue weighted by molar-refractivity contribution is -0.160. The van der Waals surface area contributed by atoms with E-state index in [2.05, 4.69) is 41.7 Å². The summed E-state index contributed by atoms with van der Waals surface area (Å²) in [4.78, 5) is 24.6. The number of carbonyl (C=O) groups excluding carboxylic acids is 1. The second-order valence-corrected chi connectivity index (χ2v) is 9.81. The fourth-order valence-electron chi connectivity index (χ4n) is 5.03. The van der Waals surface area contributed by atoms with Gasteiger partial charge in [-0.25, -0.2) is 0 Å². The summed E-state index contributed by atoms with van der Waals surface area (Å²) < 4.78 is 0. The molecule has 1 saturated carbocycles. The maximum atomic E-state index is 13.0. The number of halogens is 1. The average molecular weight is 492 g/mol. The lowest BCUT2D eigenvalue weighted by Crippen LogP contribution is -2.53. The van der Waals surface area contributed by atoms with Crippen LogP contribution in [0.4, 0.5) is 0 Å². The van der Waals surface area contributed by atoms with Crippen molar-refractivity contribution >= 4 is 23.5 Å². The fraction of sp³-hybridized carbons (Fsp3) is 0.310. The van der Waals surface area contributed by atoms with Crippen LogP contribution < -0.4 is 5.32 Å². The molecule has 0 aliphatic heterocycles. The lowest BCUT2D eigenvalue weighted by Gasteiger charge is -2.40. The molecule has 1 fully saturated rings. The van der Waals surface area contributed by atoms with Crippen molar-refractivity contribution in [3.8, 4) is 11.1 Å². The van der Waals surface area contributed by atoms with Crippen molar-refractivity contribution in [3.05, 3.63) is 95.0 Å². The number of aliphatic hydroxyl groups excluding tert-OH is 1. The average Bonchev–Trinajstić information content (AvgIpc) is 2.83. The second-order valence-electron chi connectivity index (χ2n) is 9.37. The molecule has 0 bridgehead atoms. The largest absolute Gasteiger partial charge is 0.481 e. The molecule has 4 rings (SSSR count). The Kier molecular flexibility index (Phi) is 7.89. The van der Waals surface area contributed by atoms with Gasteiger partial charge in [0.25, 0.3) is 0 Å². The smallest absolute Gasteiger partial charge is 0.307 e. The van der Waals surface area contributed by atoms with Crippen molar-refractivity contribution in [1.29, 1.82) is 0 Å². The Balaban J connectivity index is 1.55. The highest BCUT2D eigenvalue weighted by Gasteiger charge is 2.49. The number of carboxylic acids is 1. The Morgan fingerprint density at radius 3 is 2.20 bits per heavy atom. The van der Waals surface area contributed by atoms with Gasteiger partial charge in [-0.15, -0.1) is 0 Å². The number of nitrogens with one attached hydrogen (secondary N) is 1. The van der Waals surface area contributed by atoms with Crippen LogP contribution in [0.5, 0.6) is 0 Å². The summed E-state index contributed by atoms with van der Waals surface area (Å²) in [6.45, 7) is 1.74. The van der Waals surface area contributed by atoms with Crippen LogP contribution in [0.3, 0.4) is 0 Å². The van der Waals surface area contributed by atoms with Crippen molar-refractivity contribution in [3.63, 3.8) is 0 Å². The quantitative estimate of drug-likeness (QED) is 0.385. The van der Waals surface area contributed by atoms with Crippen molar-refractivity contribution in [2.45, 2.75) is 31.7 Å². The van der Waals surface area contributed by atoms with Crippen LogP contribution in [-0.2, 0) is 16.0 Å². The van der Waals surface area contributed by atoms with Gasteiger partial charge < -0.3 is 15.5 Å². The summed E-state index contributed by atoms with van der Waals surface area (Å²) in [5.41, 5.74) is 4.44. The van der Waals surface area contributed by atoms with E-state index < -0.39 is 17.8 Å². The molecule has 35 heavy (non-hydrogen) atoms. The first-order valence-corrected chi connectivity index (χ1v) is 12.3. The van der Waals surface area contributed by atoms with Crippen molar-refractivity contribution in [1.82, 2.24) is 5.32 Å². The molecule has 6 heteroatoms. The molecule has 0 heterocycles. The minimum atomic E-state index is -1.03. The van der Waals surface area contributed by atoms with Gasteiger partial charge in [0.05, 0.1) is 11.8 Å². The SMILES string of the molecule is C[C@H](NC(=O)C1CC(CO)C1C(=O)O)[C@H](Cc1ccc(Cl)cc1)c1ccc(-c2ccccc2)cc1. The number of rotatable bonds is 9. The van der Waals surface area contributed by atoms with Crippen LogP contribution in [-0.4, -0.2) is 34.7 Å². The minimum absolute atomic E-state index is 0.0260. The third kappa shape index (κ3) is 5.75. The number of amides is 1. The van der Waals surface area contributed by atoms with Crippen LogP contribution in [0.1, 0.15) is 30.4 Å². The molecular formula is C29H30ClNO4. The molecule has 0 radical (unpaired) electrons. The number of hydrogen-bond donors (Lipinski definition) is 3. The molecular weight excluding hydrogens is 462 g/mol. The van der Waals surface area contributed by atoms with Gasteiger partial charge >= 0.3 is 5.97 Å². The van der Waals surface area contributed by atoms with Crippen molar-refractivity contribution in [2.24, 2.45) is 17.8 Å². The van der Waals surface area contributed by atoms with Crippen molar-refractivity contribution in [2.75, 3.05) is 6.61 Å². The van der Waals surface area contributed by atoms with Crippen LogP contribution in [0.15, 0.2) is 78.9 Å². The molecule has 5 atom stereocenters. The number of aliphatic hydroxyl groups is 1. The number of hydrogen-bond acceptors (Lipinski definition) is 3. The maximum absolute atomic E-state index is 13.0. The van der Waals surface area contributed by atoms with E-state index in [-0.39, 0.29) is 30.4 Å². The first-order chi connectivity index (χ1) is 16.9. The summed E-state index contributed by atoms with van der Waals surface area (Å²) in [6, 6.07) is 26.0. The zero-order chi connectivity index (χ0) is 24.9. The fourth-order valence-corrected chi connectivity index (χ4v) is 5.15. The summed E-state index contributed by atoms with van der Waals surface area (Å²) in [6.07, 6.45) is 1.08. The predicted octanol–water partition coefficient (Wildman–Crippen LogP) is 5.17. The van der Waals surface area contributed by atoms with E-state index in [4.69, 9.17) is 11.6 Å². The van der Waals surface area contributed by atoms with Crippen LogP contribution in [0, 0.1) is 17.8 Å². The second kappa shape index (κ2) is 11.1. The van der Waals surface area contributed by atoms with Crippen LogP contribution >= 0.6 is 11.6 Å². The highest BCUT2D eigenvalue weighted by Crippen LogP contribution is 2.41. The van der Waals surface area contributed by atoms with E-state index in [0.29, 0.717) is 17.9 Å². The molecule has 3 N–H and O–H groups in total. The maximum Gasteiger partial charge on any atom is 0.307 e. The van der Waals surface area contributed by atoms with Gasteiger partial charge in [-0.1, -0.05) is 78.3 Å². The number of carboxylic acid groups (broad SMARTS) is 1. The zero-order valence-corrected chi connectivity index (χ0v) is 20.4. The normalized spacial score (nSPS) is 20.9. The molecule has 5 nitrogen and oxygen atoms in total. The summed E-state index contributed by atoms with van der Waals surface area (Å²) in [5.74, 6) is -3.15. The first kappa shape index (κ1) is 25.0. The molecule has 3 aromatic rings. The highest BCUT2D eigenvalue weighted by atomic mass is 35.5. The molecule has 182 valence electrons.